The molecule has 0 atom stereocenters. The van der Waals surface area contributed by atoms with E-state index in [0.29, 0.717) is 19.8 Å². The Balaban J connectivity index is 2.20. The molecule has 0 bridgehead atoms. The van der Waals surface area contributed by atoms with Crippen LogP contribution in [0.25, 0.3) is 0 Å². The summed E-state index contributed by atoms with van der Waals surface area (Å²) in [5.41, 5.74) is 0.887. The highest BCUT2D eigenvalue weighted by Gasteiger charge is 2.19. The summed E-state index contributed by atoms with van der Waals surface area (Å²) in [5, 5.41) is 0. The van der Waals surface area contributed by atoms with Crippen LogP contribution >= 0.6 is 15.9 Å². The molecule has 0 radical (unpaired) electrons. The van der Waals surface area contributed by atoms with Crippen molar-refractivity contribution in [3.05, 3.63) is 28.7 Å². The first kappa shape index (κ1) is 9.68. The number of carbonyl (C=O) groups excluding carboxylic acids is 1. The van der Waals surface area contributed by atoms with Gasteiger partial charge in [0.1, 0.15) is 6.73 Å². The van der Waals surface area contributed by atoms with Gasteiger partial charge in [-0.1, -0.05) is 15.9 Å². The number of amides is 1. The highest BCUT2D eigenvalue weighted by molar-refractivity contribution is 9.10. The predicted molar refractivity (Wildman–Crippen MR) is 57.1 cm³/mol. The number of hydrogen-bond donors (Lipinski definition) is 0. The van der Waals surface area contributed by atoms with Crippen LogP contribution in [0.4, 0.5) is 5.69 Å². The molecule has 1 aromatic carbocycles. The van der Waals surface area contributed by atoms with Crippen LogP contribution in [0.5, 0.6) is 0 Å². The minimum Gasteiger partial charge on any atom is -0.360 e. The lowest BCUT2D eigenvalue weighted by Crippen LogP contribution is -2.38. The van der Waals surface area contributed by atoms with Gasteiger partial charge in [-0.2, -0.15) is 0 Å². The van der Waals surface area contributed by atoms with E-state index in [1.165, 1.54) is 0 Å². The van der Waals surface area contributed by atoms with E-state index in [1.807, 2.05) is 24.3 Å². The number of halogens is 1. The van der Waals surface area contributed by atoms with Crippen LogP contribution in [-0.4, -0.2) is 19.2 Å². The van der Waals surface area contributed by atoms with Crippen LogP contribution in [0.1, 0.15) is 6.42 Å². The maximum Gasteiger partial charge on any atom is 0.231 e. The molecule has 1 amide bonds. The van der Waals surface area contributed by atoms with E-state index < -0.39 is 0 Å². The van der Waals surface area contributed by atoms with Gasteiger partial charge in [0, 0.05) is 10.2 Å². The quantitative estimate of drug-likeness (QED) is 0.770. The van der Waals surface area contributed by atoms with Gasteiger partial charge in [-0.15, -0.1) is 0 Å². The van der Waals surface area contributed by atoms with Gasteiger partial charge in [-0.25, -0.2) is 0 Å². The standard InChI is InChI=1S/C10H10BrNO2/c11-8-1-3-9(4-2-8)12-7-14-6-5-10(12)13/h1-4H,5-7H2. The SMILES string of the molecule is O=C1CCOCN1c1ccc(Br)cc1. The van der Waals surface area contributed by atoms with E-state index in [4.69, 9.17) is 4.74 Å². The van der Waals surface area contributed by atoms with Gasteiger partial charge >= 0.3 is 0 Å². The highest BCUT2D eigenvalue weighted by atomic mass is 79.9. The number of rotatable bonds is 1. The van der Waals surface area contributed by atoms with E-state index in [-0.39, 0.29) is 5.91 Å². The molecule has 1 heterocycles. The van der Waals surface area contributed by atoms with Crippen molar-refractivity contribution in [2.45, 2.75) is 6.42 Å². The maximum atomic E-state index is 11.5. The van der Waals surface area contributed by atoms with Crippen LogP contribution in [0.3, 0.4) is 0 Å². The van der Waals surface area contributed by atoms with E-state index >= 15 is 0 Å². The summed E-state index contributed by atoms with van der Waals surface area (Å²) in [7, 11) is 0. The van der Waals surface area contributed by atoms with Crippen LogP contribution in [-0.2, 0) is 9.53 Å². The lowest BCUT2D eigenvalue weighted by Gasteiger charge is -2.26. The number of anilines is 1. The second-order valence-corrected chi connectivity index (χ2v) is 4.00. The molecular formula is C10H10BrNO2. The first-order valence-corrected chi connectivity index (χ1v) is 5.20. The molecule has 0 aromatic heterocycles. The van der Waals surface area contributed by atoms with Gasteiger partial charge < -0.3 is 4.74 Å². The second-order valence-electron chi connectivity index (χ2n) is 3.09. The Morgan fingerprint density at radius 2 is 2.00 bits per heavy atom. The highest BCUT2D eigenvalue weighted by Crippen LogP contribution is 2.20. The van der Waals surface area contributed by atoms with Crippen LogP contribution in [0.15, 0.2) is 28.7 Å². The third-order valence-corrected chi connectivity index (χ3v) is 2.65. The lowest BCUT2D eigenvalue weighted by atomic mass is 10.2. The van der Waals surface area contributed by atoms with Gasteiger partial charge in [-0.3, -0.25) is 9.69 Å². The predicted octanol–water partition coefficient (Wildman–Crippen LogP) is 2.16. The van der Waals surface area contributed by atoms with Crippen molar-refractivity contribution in [3.63, 3.8) is 0 Å². The molecule has 0 aliphatic carbocycles. The molecule has 0 saturated carbocycles. The van der Waals surface area contributed by atoms with Crippen molar-refractivity contribution < 1.29 is 9.53 Å². The maximum absolute atomic E-state index is 11.5. The van der Waals surface area contributed by atoms with Crippen molar-refractivity contribution in [3.8, 4) is 0 Å². The molecule has 0 unspecified atom stereocenters. The molecule has 1 aliphatic rings. The Hall–Kier alpha value is -0.870. The molecule has 0 spiro atoms. The van der Waals surface area contributed by atoms with Crippen LogP contribution < -0.4 is 4.90 Å². The monoisotopic (exact) mass is 255 g/mol. The molecule has 1 saturated heterocycles. The first-order chi connectivity index (χ1) is 6.77. The molecule has 14 heavy (non-hydrogen) atoms. The molecule has 1 aromatic rings. The van der Waals surface area contributed by atoms with Gasteiger partial charge in [0.15, 0.2) is 0 Å². The summed E-state index contributed by atoms with van der Waals surface area (Å²) in [6, 6.07) is 7.63. The summed E-state index contributed by atoms with van der Waals surface area (Å²) in [5.74, 6) is 0.124. The van der Waals surface area contributed by atoms with E-state index in [1.54, 1.807) is 4.90 Å². The lowest BCUT2D eigenvalue weighted by molar-refractivity contribution is -0.123. The van der Waals surface area contributed by atoms with E-state index in [0.717, 1.165) is 10.2 Å². The molecule has 74 valence electrons. The van der Waals surface area contributed by atoms with Crippen molar-refractivity contribution in [2.75, 3.05) is 18.2 Å². The molecule has 1 fully saturated rings. The molecule has 2 rings (SSSR count). The minimum absolute atomic E-state index is 0.124. The Morgan fingerprint density at radius 1 is 1.29 bits per heavy atom. The Kier molecular flexibility index (Phi) is 2.84. The summed E-state index contributed by atoms with van der Waals surface area (Å²) >= 11 is 3.35. The van der Waals surface area contributed by atoms with Crippen LogP contribution in [0, 0.1) is 0 Å². The topological polar surface area (TPSA) is 29.5 Å². The number of hydrogen-bond acceptors (Lipinski definition) is 2. The summed E-state index contributed by atoms with van der Waals surface area (Å²) in [6.45, 7) is 0.895. The van der Waals surface area contributed by atoms with Gasteiger partial charge in [0.05, 0.1) is 13.0 Å². The largest absolute Gasteiger partial charge is 0.360 e. The molecular weight excluding hydrogens is 246 g/mol. The van der Waals surface area contributed by atoms with Gasteiger partial charge in [0.25, 0.3) is 0 Å². The normalized spacial score (nSPS) is 17.2. The van der Waals surface area contributed by atoms with Gasteiger partial charge in [0.2, 0.25) is 5.91 Å². The number of carbonyl (C=O) groups is 1. The third-order valence-electron chi connectivity index (χ3n) is 2.12. The first-order valence-electron chi connectivity index (χ1n) is 4.41. The fraction of sp³-hybridized carbons (Fsp3) is 0.300. The summed E-state index contributed by atoms with van der Waals surface area (Å²) in [6.07, 6.45) is 0.468. The smallest absolute Gasteiger partial charge is 0.231 e. The van der Waals surface area contributed by atoms with Crippen molar-refractivity contribution in [1.29, 1.82) is 0 Å². The van der Waals surface area contributed by atoms with E-state index in [9.17, 15) is 4.79 Å². The summed E-state index contributed by atoms with van der Waals surface area (Å²) < 4.78 is 6.24. The minimum atomic E-state index is 0.124. The molecule has 1 aliphatic heterocycles. The van der Waals surface area contributed by atoms with E-state index in [2.05, 4.69) is 15.9 Å². The second kappa shape index (κ2) is 4.11. The zero-order valence-corrected chi connectivity index (χ0v) is 9.16. The molecule has 4 heteroatoms. The fourth-order valence-corrected chi connectivity index (χ4v) is 1.63. The summed E-state index contributed by atoms with van der Waals surface area (Å²) in [4.78, 5) is 13.2. The zero-order valence-electron chi connectivity index (χ0n) is 7.57. The average Bonchev–Trinajstić information content (AvgIpc) is 2.20. The Morgan fingerprint density at radius 3 is 2.64 bits per heavy atom. The fourth-order valence-electron chi connectivity index (χ4n) is 1.36. The molecule has 3 nitrogen and oxygen atoms in total. The number of nitrogens with zero attached hydrogens (tertiary/aromatic N) is 1. The van der Waals surface area contributed by atoms with Crippen molar-refractivity contribution in [2.24, 2.45) is 0 Å². The van der Waals surface area contributed by atoms with Crippen molar-refractivity contribution >= 4 is 27.5 Å². The molecule has 0 N–H and O–H groups in total. The number of benzene rings is 1. The van der Waals surface area contributed by atoms with Crippen LogP contribution in [0.2, 0.25) is 0 Å². The average molecular weight is 256 g/mol. The Bertz CT molecular complexity index is 336. The zero-order chi connectivity index (χ0) is 9.97. The van der Waals surface area contributed by atoms with Gasteiger partial charge in [-0.05, 0) is 24.3 Å². The number of ether oxygens (including phenoxy) is 1. The van der Waals surface area contributed by atoms with Crippen molar-refractivity contribution in [1.82, 2.24) is 0 Å². The Labute approximate surface area is 90.8 Å². The third kappa shape index (κ3) is 1.96.